The normalized spacial score (nSPS) is 11.4. The molecule has 0 saturated heterocycles. The van der Waals surface area contributed by atoms with E-state index in [0.717, 1.165) is 21.8 Å². The molecule has 0 aliphatic rings. The number of ether oxygens (including phenoxy) is 1. The highest BCUT2D eigenvalue weighted by atomic mass is 35.7. The van der Waals surface area contributed by atoms with Crippen molar-refractivity contribution in [1.29, 1.82) is 0 Å². The summed E-state index contributed by atoms with van der Waals surface area (Å²) in [7, 11) is -5.60. The summed E-state index contributed by atoms with van der Waals surface area (Å²) in [5.74, 6) is 0.841. The monoisotopic (exact) mass is 627 g/mol. The molecule has 0 amide bonds. The van der Waals surface area contributed by atoms with Gasteiger partial charge in [-0.05, 0) is 66.2 Å². The molecule has 0 spiro atoms. The molecule has 0 fully saturated rings. The van der Waals surface area contributed by atoms with Gasteiger partial charge in [0.1, 0.15) is 26.7 Å². The zero-order valence-electron chi connectivity index (χ0n) is 23.1. The van der Waals surface area contributed by atoms with E-state index < -0.39 is 17.5 Å². The van der Waals surface area contributed by atoms with Crippen LogP contribution in [-0.2, 0) is 0 Å². The summed E-state index contributed by atoms with van der Waals surface area (Å²) >= 11 is 1.77. The fourth-order valence-corrected chi connectivity index (χ4v) is 10.7. The van der Waals surface area contributed by atoms with Crippen LogP contribution in [0, 0.1) is 10.2 Å². The molecule has 6 nitrogen and oxygen atoms in total. The Morgan fingerprint density at radius 2 is 0.953 bits per heavy atom. The summed E-state index contributed by atoms with van der Waals surface area (Å²) in [6.07, 6.45) is 0. The third kappa shape index (κ3) is 7.02. The molecule has 0 aliphatic carbocycles. The summed E-state index contributed by atoms with van der Waals surface area (Å²) in [6, 6.07) is 51.7. The van der Waals surface area contributed by atoms with Crippen molar-refractivity contribution >= 4 is 39.9 Å². The largest absolute Gasteiger partial charge is 0.497 e. The van der Waals surface area contributed by atoms with E-state index in [2.05, 4.69) is 133 Å². The topological polar surface area (TPSA) is 114 Å². The number of halogens is 1. The molecule has 0 aliphatic heterocycles. The van der Waals surface area contributed by atoms with Crippen LogP contribution in [0.15, 0.2) is 146 Å². The van der Waals surface area contributed by atoms with Crippen LogP contribution in [0.2, 0.25) is 0 Å². The lowest BCUT2D eigenvalue weighted by Crippen LogP contribution is -2.68. The molecule has 6 rings (SSSR count). The van der Waals surface area contributed by atoms with Crippen molar-refractivity contribution in [2.24, 2.45) is 0 Å². The smallest absolute Gasteiger partial charge is 0.217 e. The van der Waals surface area contributed by atoms with E-state index in [1.807, 2.05) is 12.1 Å². The second-order valence-electron chi connectivity index (χ2n) is 9.32. The maximum Gasteiger partial charge on any atom is 0.217 e. The van der Waals surface area contributed by atoms with E-state index in [0.29, 0.717) is 0 Å². The Bertz CT molecular complexity index is 1630. The zero-order valence-corrected chi connectivity index (χ0v) is 25.5. The van der Waals surface area contributed by atoms with E-state index >= 15 is 0 Å². The van der Waals surface area contributed by atoms with Crippen LogP contribution in [0.25, 0.3) is 21.0 Å². The minimum absolute atomic E-state index is 0.841. The van der Waals surface area contributed by atoms with E-state index in [-0.39, 0.29) is 0 Å². The lowest BCUT2D eigenvalue weighted by Gasteiger charge is -2.26. The van der Waals surface area contributed by atoms with Crippen LogP contribution in [0.5, 0.6) is 5.75 Å². The average molecular weight is 628 g/mol. The molecule has 0 bridgehead atoms. The summed E-state index contributed by atoms with van der Waals surface area (Å²) in [4.78, 5) is 6.75. The Morgan fingerprint density at radius 3 is 1.35 bits per heavy atom. The quantitative estimate of drug-likeness (QED) is 0.251. The summed E-state index contributed by atoms with van der Waals surface area (Å²) < 4.78 is 39.4. The average Bonchev–Trinajstić information content (AvgIpc) is 3.48. The Morgan fingerprint density at radius 1 is 0.558 bits per heavy atom. The summed E-state index contributed by atoms with van der Waals surface area (Å²) in [5, 5.41) is 4.89. The number of nitrogens with zero attached hydrogens (tertiary/aromatic N) is 1. The third-order valence-electron chi connectivity index (χ3n) is 6.73. The number of aromatic nitrogens is 1. The first kappa shape index (κ1) is 30.5. The fourth-order valence-electron chi connectivity index (χ4n) is 4.94. The van der Waals surface area contributed by atoms with Crippen molar-refractivity contribution in [2.45, 2.75) is 0 Å². The number of methoxy groups -OCH3 is 1. The standard InChI is InChI=1S/C34H27NOPS.ClHO4/c1-36-28-24-22-27(23-25-28)34-35-33(32(38-34)26-14-6-2-7-15-26)37(29-16-8-3-9-17-29,30-18-10-4-11-19-30)31-20-12-5-13-21-31;2-1(3,4)5/h2-25H,1H3;(H,2,3,4,5)/q+1;/p-1. The Kier molecular flexibility index (Phi) is 9.65. The second kappa shape index (κ2) is 13.6. The van der Waals surface area contributed by atoms with Crippen molar-refractivity contribution in [3.8, 4) is 26.8 Å². The summed E-state index contributed by atoms with van der Waals surface area (Å²) in [5.41, 5.74) is 3.42. The molecule has 1 heterocycles. The molecule has 6 aromatic rings. The number of hydrogen-bond acceptors (Lipinski definition) is 7. The first-order valence-electron chi connectivity index (χ1n) is 13.2. The van der Waals surface area contributed by atoms with E-state index in [4.69, 9.17) is 28.4 Å². The van der Waals surface area contributed by atoms with Crippen LogP contribution in [-0.4, -0.2) is 12.1 Å². The van der Waals surface area contributed by atoms with Crippen molar-refractivity contribution in [3.05, 3.63) is 146 Å². The van der Waals surface area contributed by atoms with Gasteiger partial charge in [0.2, 0.25) is 5.44 Å². The minimum Gasteiger partial charge on any atom is -0.497 e. The molecule has 216 valence electrons. The van der Waals surface area contributed by atoms with Crippen LogP contribution in [0.1, 0.15) is 0 Å². The SMILES string of the molecule is COc1ccc(-c2nc([P+](c3ccccc3)(c3ccccc3)c3ccccc3)c(-c3ccccc3)s2)cc1.[O-][Cl+3]([O-])([O-])[O-]. The lowest BCUT2D eigenvalue weighted by atomic mass is 10.2. The maximum atomic E-state index is 8.49. The number of thiazole rings is 1. The Hall–Kier alpha value is -3.91. The molecule has 0 atom stereocenters. The van der Waals surface area contributed by atoms with Crippen LogP contribution in [0.3, 0.4) is 0 Å². The van der Waals surface area contributed by atoms with E-state index in [9.17, 15) is 0 Å². The molecule has 0 unspecified atom stereocenters. The van der Waals surface area contributed by atoms with Gasteiger partial charge in [-0.2, -0.15) is 0 Å². The number of rotatable bonds is 7. The van der Waals surface area contributed by atoms with Gasteiger partial charge in [-0.1, -0.05) is 84.9 Å². The first-order valence-corrected chi connectivity index (χ1v) is 17.0. The minimum atomic E-state index is -4.94. The van der Waals surface area contributed by atoms with E-state index in [1.165, 1.54) is 26.4 Å². The van der Waals surface area contributed by atoms with Gasteiger partial charge in [0.15, 0.2) is 7.26 Å². The Labute approximate surface area is 257 Å². The molecule has 43 heavy (non-hydrogen) atoms. The van der Waals surface area contributed by atoms with Crippen molar-refractivity contribution in [1.82, 2.24) is 4.98 Å². The second-order valence-corrected chi connectivity index (χ2v) is 14.4. The molecular formula is C34H27ClNO5PS. The third-order valence-corrected chi connectivity index (χ3v) is 12.2. The van der Waals surface area contributed by atoms with Gasteiger partial charge < -0.3 is 4.74 Å². The number of benzene rings is 5. The van der Waals surface area contributed by atoms with Gasteiger partial charge >= 0.3 is 0 Å². The van der Waals surface area contributed by atoms with Gasteiger partial charge in [0.05, 0.1) is 12.0 Å². The predicted octanol–water partition coefficient (Wildman–Crippen LogP) is 2.35. The van der Waals surface area contributed by atoms with E-state index in [1.54, 1.807) is 18.4 Å². The molecule has 9 heteroatoms. The fraction of sp³-hybridized carbons (Fsp3) is 0.0294. The Balaban J connectivity index is 0.000000682. The van der Waals surface area contributed by atoms with Gasteiger partial charge in [0, 0.05) is 5.56 Å². The number of hydrogen-bond donors (Lipinski definition) is 0. The first-order chi connectivity index (χ1) is 20.8. The summed E-state index contributed by atoms with van der Waals surface area (Å²) in [6.45, 7) is 0. The van der Waals surface area contributed by atoms with Gasteiger partial charge in [-0.3, -0.25) is 0 Å². The van der Waals surface area contributed by atoms with Crippen LogP contribution >= 0.6 is 18.6 Å². The highest BCUT2D eigenvalue weighted by molar-refractivity contribution is 8.01. The highest BCUT2D eigenvalue weighted by Crippen LogP contribution is 2.57. The lowest BCUT2D eigenvalue weighted by molar-refractivity contribution is -2.00. The zero-order chi connectivity index (χ0) is 30.3. The van der Waals surface area contributed by atoms with Crippen molar-refractivity contribution in [3.63, 3.8) is 0 Å². The molecule has 1 aromatic heterocycles. The van der Waals surface area contributed by atoms with Crippen molar-refractivity contribution in [2.75, 3.05) is 7.11 Å². The van der Waals surface area contributed by atoms with Crippen LogP contribution < -0.4 is 44.7 Å². The highest BCUT2D eigenvalue weighted by Gasteiger charge is 2.52. The van der Waals surface area contributed by atoms with Gasteiger partial charge in [-0.15, -0.1) is 21.6 Å². The van der Waals surface area contributed by atoms with Crippen LogP contribution in [0.4, 0.5) is 0 Å². The van der Waals surface area contributed by atoms with Gasteiger partial charge in [-0.25, -0.2) is 23.6 Å². The predicted molar refractivity (Wildman–Crippen MR) is 164 cm³/mol. The van der Waals surface area contributed by atoms with Crippen molar-refractivity contribution < 1.29 is 33.6 Å². The molecule has 0 N–H and O–H groups in total. The molecule has 0 saturated carbocycles. The molecule has 5 aromatic carbocycles. The van der Waals surface area contributed by atoms with Gasteiger partial charge in [0.25, 0.3) is 0 Å². The molecule has 0 radical (unpaired) electrons. The molecular weight excluding hydrogens is 601 g/mol. The maximum absolute atomic E-state index is 8.49.